The highest BCUT2D eigenvalue weighted by Gasteiger charge is 2.27. The maximum Gasteiger partial charge on any atom is 0.270 e. The SMILES string of the molecule is CC(c1ccccc1)N(CCC(=O)N(CCc1ccccc1)Cc1ccccc1)C(=O)c1ccc([N+](=O)[O-])cc1Cl. The van der Waals surface area contributed by atoms with Crippen LogP contribution < -0.4 is 0 Å². The lowest BCUT2D eigenvalue weighted by atomic mass is 10.0. The molecule has 0 aliphatic rings. The van der Waals surface area contributed by atoms with Gasteiger partial charge in [-0.05, 0) is 36.1 Å². The number of halogens is 1. The van der Waals surface area contributed by atoms with Crippen molar-refractivity contribution in [3.8, 4) is 0 Å². The van der Waals surface area contributed by atoms with Crippen LogP contribution in [0.5, 0.6) is 0 Å². The van der Waals surface area contributed by atoms with Crippen LogP contribution in [0.2, 0.25) is 5.02 Å². The molecule has 4 rings (SSSR count). The lowest BCUT2D eigenvalue weighted by Crippen LogP contribution is -2.39. The lowest BCUT2D eigenvalue weighted by molar-refractivity contribution is -0.384. The van der Waals surface area contributed by atoms with Gasteiger partial charge in [-0.2, -0.15) is 0 Å². The van der Waals surface area contributed by atoms with Gasteiger partial charge in [-0.25, -0.2) is 0 Å². The maximum atomic E-state index is 13.8. The Balaban J connectivity index is 1.56. The number of carbonyl (C=O) groups is 2. The molecule has 8 heteroatoms. The van der Waals surface area contributed by atoms with Crippen molar-refractivity contribution in [2.24, 2.45) is 0 Å². The molecule has 210 valence electrons. The van der Waals surface area contributed by atoms with E-state index in [0.29, 0.717) is 19.5 Å². The molecule has 2 amide bonds. The summed E-state index contributed by atoms with van der Waals surface area (Å²) in [5.41, 5.74) is 3.02. The Morgan fingerprint density at radius 2 is 1.41 bits per heavy atom. The summed E-state index contributed by atoms with van der Waals surface area (Å²) in [6.45, 7) is 3.04. The number of hydrogen-bond donors (Lipinski definition) is 0. The third-order valence-corrected chi connectivity index (χ3v) is 7.37. The van der Waals surface area contributed by atoms with E-state index in [-0.39, 0.29) is 41.2 Å². The van der Waals surface area contributed by atoms with Crippen LogP contribution in [-0.4, -0.2) is 39.6 Å². The zero-order valence-corrected chi connectivity index (χ0v) is 23.6. The van der Waals surface area contributed by atoms with E-state index in [1.165, 1.54) is 18.2 Å². The summed E-state index contributed by atoms with van der Waals surface area (Å²) < 4.78 is 0. The summed E-state index contributed by atoms with van der Waals surface area (Å²) in [4.78, 5) is 41.5. The van der Waals surface area contributed by atoms with E-state index in [1.54, 1.807) is 4.90 Å². The fourth-order valence-corrected chi connectivity index (χ4v) is 4.96. The van der Waals surface area contributed by atoms with Crippen molar-refractivity contribution in [1.29, 1.82) is 0 Å². The summed E-state index contributed by atoms with van der Waals surface area (Å²) >= 11 is 6.34. The second kappa shape index (κ2) is 14.2. The van der Waals surface area contributed by atoms with Gasteiger partial charge in [-0.1, -0.05) is 103 Å². The van der Waals surface area contributed by atoms with Crippen molar-refractivity contribution in [2.45, 2.75) is 32.4 Å². The predicted octanol–water partition coefficient (Wildman–Crippen LogP) is 7.11. The molecule has 0 fully saturated rings. The number of carbonyl (C=O) groups excluding carboxylic acids is 2. The second-order valence-electron chi connectivity index (χ2n) is 9.79. The number of nitro groups is 1. The highest BCUT2D eigenvalue weighted by atomic mass is 35.5. The fraction of sp³-hybridized carbons (Fsp3) is 0.212. The molecule has 0 heterocycles. The molecular formula is C33H32ClN3O4. The molecule has 0 radical (unpaired) electrons. The molecule has 1 unspecified atom stereocenters. The molecule has 0 saturated heterocycles. The van der Waals surface area contributed by atoms with Crippen LogP contribution >= 0.6 is 11.6 Å². The minimum Gasteiger partial charge on any atom is -0.338 e. The first-order valence-electron chi connectivity index (χ1n) is 13.5. The number of rotatable bonds is 12. The summed E-state index contributed by atoms with van der Waals surface area (Å²) in [6, 6.07) is 32.8. The molecule has 0 N–H and O–H groups in total. The normalized spacial score (nSPS) is 11.5. The molecule has 0 aromatic heterocycles. The third-order valence-electron chi connectivity index (χ3n) is 7.05. The van der Waals surface area contributed by atoms with Gasteiger partial charge in [0.2, 0.25) is 5.91 Å². The largest absolute Gasteiger partial charge is 0.338 e. The van der Waals surface area contributed by atoms with Crippen molar-refractivity contribution < 1.29 is 14.5 Å². The molecule has 0 aliphatic carbocycles. The Hall–Kier alpha value is -4.49. The number of nitro benzene ring substituents is 1. The Kier molecular flexibility index (Phi) is 10.2. The summed E-state index contributed by atoms with van der Waals surface area (Å²) in [5.74, 6) is -0.467. The zero-order valence-electron chi connectivity index (χ0n) is 22.9. The van der Waals surface area contributed by atoms with Crippen LogP contribution in [0.4, 0.5) is 5.69 Å². The molecular weight excluding hydrogens is 538 g/mol. The van der Waals surface area contributed by atoms with Gasteiger partial charge >= 0.3 is 0 Å². The summed E-state index contributed by atoms with van der Waals surface area (Å²) in [6.07, 6.45) is 0.815. The Morgan fingerprint density at radius 1 is 0.829 bits per heavy atom. The summed E-state index contributed by atoms with van der Waals surface area (Å²) in [7, 11) is 0. The van der Waals surface area contributed by atoms with E-state index in [0.717, 1.165) is 16.7 Å². The molecule has 4 aromatic rings. The lowest BCUT2D eigenvalue weighted by Gasteiger charge is -2.31. The van der Waals surface area contributed by atoms with Crippen LogP contribution in [-0.2, 0) is 17.8 Å². The van der Waals surface area contributed by atoms with Crippen molar-refractivity contribution in [1.82, 2.24) is 9.80 Å². The quantitative estimate of drug-likeness (QED) is 0.134. The smallest absolute Gasteiger partial charge is 0.270 e. The molecule has 0 bridgehead atoms. The Bertz CT molecular complexity index is 1470. The van der Waals surface area contributed by atoms with E-state index in [4.69, 9.17) is 11.6 Å². The first kappa shape index (κ1) is 29.5. The number of hydrogen-bond acceptors (Lipinski definition) is 4. The molecule has 4 aromatic carbocycles. The van der Waals surface area contributed by atoms with E-state index in [1.807, 2.05) is 103 Å². The maximum absolute atomic E-state index is 13.8. The minimum atomic E-state index is -0.556. The number of benzene rings is 4. The topological polar surface area (TPSA) is 83.8 Å². The minimum absolute atomic E-state index is 0.00523. The molecule has 1 atom stereocenters. The molecule has 0 saturated carbocycles. The van der Waals surface area contributed by atoms with Crippen molar-refractivity contribution in [3.05, 3.63) is 147 Å². The van der Waals surface area contributed by atoms with Gasteiger partial charge in [-0.15, -0.1) is 0 Å². The predicted molar refractivity (Wildman–Crippen MR) is 161 cm³/mol. The van der Waals surface area contributed by atoms with Crippen LogP contribution in [0.1, 0.15) is 46.4 Å². The van der Waals surface area contributed by atoms with Gasteiger partial charge < -0.3 is 9.80 Å². The van der Waals surface area contributed by atoms with Gasteiger partial charge in [0.1, 0.15) is 0 Å². The van der Waals surface area contributed by atoms with Crippen LogP contribution in [0, 0.1) is 10.1 Å². The van der Waals surface area contributed by atoms with Gasteiger partial charge in [0, 0.05) is 38.2 Å². The van der Waals surface area contributed by atoms with Gasteiger partial charge in [0.15, 0.2) is 0 Å². The van der Waals surface area contributed by atoms with Gasteiger partial charge in [0.05, 0.1) is 21.6 Å². The van der Waals surface area contributed by atoms with Gasteiger partial charge in [-0.3, -0.25) is 19.7 Å². The number of non-ortho nitro benzene ring substituents is 1. The number of amides is 2. The van der Waals surface area contributed by atoms with Crippen molar-refractivity contribution >= 4 is 29.1 Å². The third kappa shape index (κ3) is 8.02. The van der Waals surface area contributed by atoms with E-state index in [2.05, 4.69) is 0 Å². The van der Waals surface area contributed by atoms with Crippen LogP contribution in [0.25, 0.3) is 0 Å². The molecule has 0 spiro atoms. The average molecular weight is 570 g/mol. The first-order valence-corrected chi connectivity index (χ1v) is 13.9. The van der Waals surface area contributed by atoms with Crippen molar-refractivity contribution in [3.63, 3.8) is 0 Å². The second-order valence-corrected chi connectivity index (χ2v) is 10.2. The number of nitrogens with zero attached hydrogens (tertiary/aromatic N) is 3. The molecule has 7 nitrogen and oxygen atoms in total. The van der Waals surface area contributed by atoms with Crippen molar-refractivity contribution in [2.75, 3.05) is 13.1 Å². The van der Waals surface area contributed by atoms with E-state index >= 15 is 0 Å². The highest BCUT2D eigenvalue weighted by molar-refractivity contribution is 6.34. The van der Waals surface area contributed by atoms with Gasteiger partial charge in [0.25, 0.3) is 11.6 Å². The monoisotopic (exact) mass is 569 g/mol. The fourth-order valence-electron chi connectivity index (χ4n) is 4.71. The highest BCUT2D eigenvalue weighted by Crippen LogP contribution is 2.28. The molecule has 41 heavy (non-hydrogen) atoms. The Morgan fingerprint density at radius 3 is 2.00 bits per heavy atom. The first-order chi connectivity index (χ1) is 19.8. The Labute approximate surface area is 245 Å². The summed E-state index contributed by atoms with van der Waals surface area (Å²) in [5, 5.41) is 11.2. The molecule has 0 aliphatic heterocycles. The standard InChI is InChI=1S/C33H32ClN3O4/c1-25(28-15-9-4-10-16-28)36(33(39)30-18-17-29(37(40)41)23-31(30)34)22-20-32(38)35(24-27-13-7-3-8-14-27)21-19-26-11-5-2-6-12-26/h2-18,23,25H,19-22,24H2,1H3. The average Bonchev–Trinajstić information content (AvgIpc) is 3.00. The van der Waals surface area contributed by atoms with E-state index in [9.17, 15) is 19.7 Å². The van der Waals surface area contributed by atoms with E-state index < -0.39 is 10.8 Å². The van der Waals surface area contributed by atoms with Crippen LogP contribution in [0.3, 0.4) is 0 Å². The zero-order chi connectivity index (χ0) is 29.2. The van der Waals surface area contributed by atoms with Crippen LogP contribution in [0.15, 0.2) is 109 Å².